The summed E-state index contributed by atoms with van der Waals surface area (Å²) >= 11 is 0. The van der Waals surface area contributed by atoms with Crippen molar-refractivity contribution in [3.05, 3.63) is 17.1 Å². The minimum atomic E-state index is -3.34. The lowest BCUT2D eigenvalue weighted by Crippen LogP contribution is -2.07. The molecule has 0 fully saturated rings. The predicted molar refractivity (Wildman–Crippen MR) is 75.1 cm³/mol. The van der Waals surface area contributed by atoms with Gasteiger partial charge in [-0.1, -0.05) is 13.3 Å². The molecule has 5 nitrogen and oxygen atoms in total. The van der Waals surface area contributed by atoms with Gasteiger partial charge in [0.25, 0.3) is 0 Å². The van der Waals surface area contributed by atoms with Crippen LogP contribution in [0.25, 0.3) is 0 Å². The van der Waals surface area contributed by atoms with Gasteiger partial charge in [-0.05, 0) is 32.8 Å². The first-order valence-electron chi connectivity index (χ1n) is 6.68. The van der Waals surface area contributed by atoms with Gasteiger partial charge >= 0.3 is 7.60 Å². The van der Waals surface area contributed by atoms with Crippen LogP contribution in [0.1, 0.15) is 40.0 Å². The van der Waals surface area contributed by atoms with Gasteiger partial charge in [0.15, 0.2) is 0 Å². The van der Waals surface area contributed by atoms with Crippen molar-refractivity contribution in [2.24, 2.45) is 0 Å². The van der Waals surface area contributed by atoms with Crippen molar-refractivity contribution in [2.45, 2.75) is 46.1 Å². The second-order valence-electron chi connectivity index (χ2n) is 3.94. The molecule has 0 aliphatic heterocycles. The molecule has 0 aromatic heterocycles. The smallest absolute Gasteiger partial charge is 0.364 e. The summed E-state index contributed by atoms with van der Waals surface area (Å²) < 4.78 is 23.1. The molecule has 0 saturated carbocycles. The zero-order chi connectivity index (χ0) is 14.7. The molecule has 0 bridgehead atoms. The Labute approximate surface area is 115 Å². The van der Waals surface area contributed by atoms with Gasteiger partial charge in [-0.25, -0.2) is 0 Å². The quantitative estimate of drug-likeness (QED) is 0.478. The van der Waals surface area contributed by atoms with Gasteiger partial charge < -0.3 is 19.3 Å². The molecule has 0 aliphatic carbocycles. The van der Waals surface area contributed by atoms with E-state index in [2.05, 4.69) is 5.73 Å². The van der Waals surface area contributed by atoms with E-state index >= 15 is 0 Å². The maximum Gasteiger partial charge on any atom is 0.364 e. The molecule has 0 aliphatic rings. The van der Waals surface area contributed by atoms with Crippen molar-refractivity contribution in [1.29, 1.82) is 0 Å². The number of rotatable bonds is 10. The normalized spacial score (nSPS) is 12.9. The van der Waals surface area contributed by atoms with Crippen LogP contribution in [0, 0.1) is 0 Å². The van der Waals surface area contributed by atoms with Crippen LogP contribution in [-0.4, -0.2) is 36.1 Å². The summed E-state index contributed by atoms with van der Waals surface area (Å²) in [7, 11) is -3.34. The lowest BCUT2D eigenvalue weighted by Gasteiger charge is -2.18. The summed E-state index contributed by atoms with van der Waals surface area (Å²) in [4.78, 5) is 0. The van der Waals surface area contributed by atoms with Crippen molar-refractivity contribution in [1.82, 2.24) is 0 Å². The Kier molecular flexibility index (Phi) is 10.2. The Hall–Kier alpha value is -0.410. The fourth-order valence-electron chi connectivity index (χ4n) is 1.41. The Morgan fingerprint density at radius 3 is 2.32 bits per heavy atom. The Balaban J connectivity index is 5.28. The minimum Gasteiger partial charge on any atom is -0.393 e. The van der Waals surface area contributed by atoms with E-state index in [1.807, 2.05) is 6.92 Å². The topological polar surface area (TPSA) is 76.0 Å². The number of unbranched alkanes of at least 4 members (excludes halogenated alkanes) is 1. The molecule has 0 aromatic carbocycles. The van der Waals surface area contributed by atoms with Gasteiger partial charge in [-0.15, -0.1) is 5.73 Å². The van der Waals surface area contributed by atoms with Crippen LogP contribution < -0.4 is 0 Å². The second kappa shape index (κ2) is 10.4. The van der Waals surface area contributed by atoms with Crippen LogP contribution in [0.15, 0.2) is 17.1 Å². The third kappa shape index (κ3) is 7.07. The Morgan fingerprint density at radius 1 is 1.32 bits per heavy atom. The molecule has 1 atom stereocenters. The fourth-order valence-corrected chi connectivity index (χ4v) is 3.14. The van der Waals surface area contributed by atoms with E-state index in [1.165, 1.54) is 6.08 Å². The highest BCUT2D eigenvalue weighted by Gasteiger charge is 2.28. The van der Waals surface area contributed by atoms with Gasteiger partial charge in [-0.2, -0.15) is 0 Å². The summed E-state index contributed by atoms with van der Waals surface area (Å²) in [5.74, 6) is 0. The summed E-state index contributed by atoms with van der Waals surface area (Å²) in [6.45, 7) is 5.66. The average molecular weight is 292 g/mol. The van der Waals surface area contributed by atoms with E-state index in [4.69, 9.17) is 14.2 Å². The SMILES string of the molecule is CCCCC(=C=CC(O)CO)P(=O)(OCC)OCC. The minimum absolute atomic E-state index is 0.275. The first-order valence-corrected chi connectivity index (χ1v) is 8.22. The van der Waals surface area contributed by atoms with E-state index in [9.17, 15) is 9.67 Å². The van der Waals surface area contributed by atoms with Gasteiger partial charge in [-0.3, -0.25) is 4.57 Å². The highest BCUT2D eigenvalue weighted by atomic mass is 31.2. The maximum absolute atomic E-state index is 12.6. The lowest BCUT2D eigenvalue weighted by atomic mass is 10.2. The maximum atomic E-state index is 12.6. The monoisotopic (exact) mass is 292 g/mol. The first-order chi connectivity index (χ1) is 9.03. The third-order valence-corrected chi connectivity index (χ3v) is 4.54. The van der Waals surface area contributed by atoms with E-state index in [1.54, 1.807) is 13.8 Å². The molecular formula is C13H25O5P. The van der Waals surface area contributed by atoms with Crippen LogP contribution in [0.3, 0.4) is 0 Å². The molecule has 6 heteroatoms. The predicted octanol–water partition coefficient (Wildman–Crippen LogP) is 2.83. The Bertz CT molecular complexity index is 337. The van der Waals surface area contributed by atoms with Crippen molar-refractivity contribution < 1.29 is 23.8 Å². The molecule has 0 amide bonds. The largest absolute Gasteiger partial charge is 0.393 e. The number of hydrogen-bond donors (Lipinski definition) is 2. The summed E-state index contributed by atoms with van der Waals surface area (Å²) in [6, 6.07) is 0. The molecule has 2 N–H and O–H groups in total. The molecule has 112 valence electrons. The lowest BCUT2D eigenvalue weighted by molar-refractivity contribution is 0.131. The van der Waals surface area contributed by atoms with Crippen molar-refractivity contribution in [2.75, 3.05) is 19.8 Å². The molecule has 0 rings (SSSR count). The standard InChI is InChI=1S/C13H25O5P/c1-4-7-8-13(10-9-12(15)11-14)19(16,17-5-2)18-6-3/h9,12,14-15H,4-8,11H2,1-3H3. The molecule has 0 spiro atoms. The van der Waals surface area contributed by atoms with E-state index in [-0.39, 0.29) is 13.2 Å². The summed E-state index contributed by atoms with van der Waals surface area (Å²) in [5.41, 5.74) is 2.78. The zero-order valence-corrected chi connectivity index (χ0v) is 12.9. The molecule has 0 aromatic rings. The highest BCUT2D eigenvalue weighted by Crippen LogP contribution is 2.57. The second-order valence-corrected chi connectivity index (χ2v) is 6.00. The molecule has 0 saturated heterocycles. The molecular weight excluding hydrogens is 267 g/mol. The van der Waals surface area contributed by atoms with Gasteiger partial charge in [0.1, 0.15) is 6.10 Å². The number of hydrogen-bond acceptors (Lipinski definition) is 5. The van der Waals surface area contributed by atoms with Crippen LogP contribution in [0.4, 0.5) is 0 Å². The molecule has 1 unspecified atom stereocenters. The third-order valence-electron chi connectivity index (χ3n) is 2.33. The first kappa shape index (κ1) is 18.6. The van der Waals surface area contributed by atoms with Crippen LogP contribution in [0.5, 0.6) is 0 Å². The van der Waals surface area contributed by atoms with Crippen molar-refractivity contribution in [3.8, 4) is 0 Å². The summed E-state index contributed by atoms with van der Waals surface area (Å²) in [5, 5.41) is 18.5. The van der Waals surface area contributed by atoms with Crippen LogP contribution >= 0.6 is 7.60 Å². The van der Waals surface area contributed by atoms with Crippen LogP contribution in [-0.2, 0) is 13.6 Å². The number of aliphatic hydroxyl groups is 2. The van der Waals surface area contributed by atoms with Gasteiger partial charge in [0.2, 0.25) is 0 Å². The van der Waals surface area contributed by atoms with Crippen LogP contribution in [0.2, 0.25) is 0 Å². The highest BCUT2D eigenvalue weighted by molar-refractivity contribution is 7.58. The number of aliphatic hydroxyl groups excluding tert-OH is 2. The van der Waals surface area contributed by atoms with E-state index < -0.39 is 20.3 Å². The van der Waals surface area contributed by atoms with E-state index in [0.29, 0.717) is 11.7 Å². The van der Waals surface area contributed by atoms with Crippen molar-refractivity contribution in [3.63, 3.8) is 0 Å². The van der Waals surface area contributed by atoms with Gasteiger partial charge in [0, 0.05) is 0 Å². The van der Waals surface area contributed by atoms with E-state index in [0.717, 1.165) is 12.8 Å². The summed E-state index contributed by atoms with van der Waals surface area (Å²) in [6.07, 6.45) is 2.56. The average Bonchev–Trinajstić information content (AvgIpc) is 2.38. The zero-order valence-electron chi connectivity index (χ0n) is 12.0. The molecule has 0 radical (unpaired) electrons. The van der Waals surface area contributed by atoms with Crippen molar-refractivity contribution >= 4 is 7.60 Å². The molecule has 19 heavy (non-hydrogen) atoms. The fraction of sp³-hybridized carbons (Fsp3) is 0.769. The van der Waals surface area contributed by atoms with Gasteiger partial charge in [0.05, 0.1) is 25.1 Å². The molecule has 0 heterocycles. The Morgan fingerprint density at radius 2 is 1.89 bits per heavy atom.